The van der Waals surface area contributed by atoms with Gasteiger partial charge in [0.15, 0.2) is 0 Å². The van der Waals surface area contributed by atoms with Crippen LogP contribution in [0, 0.1) is 17.8 Å². The molecule has 1 aliphatic heterocycles. The fraction of sp³-hybridized carbons (Fsp3) is 1.00. The predicted molar refractivity (Wildman–Crippen MR) is 138 cm³/mol. The molecule has 4 N–H and O–H groups in total. The molecule has 0 bridgehead atoms. The van der Waals surface area contributed by atoms with Gasteiger partial charge in [-0.3, -0.25) is 9.05 Å². The number of hydrogen-bond donors (Lipinski definition) is 3. The van der Waals surface area contributed by atoms with Gasteiger partial charge in [-0.1, -0.05) is 46.0 Å². The molecule has 1 saturated heterocycles. The zero-order valence-electron chi connectivity index (χ0n) is 22.0. The summed E-state index contributed by atoms with van der Waals surface area (Å²) in [6.45, 7) is 8.72. The largest absolute Gasteiger partial charge is 0.472 e. The quantitative estimate of drug-likeness (QED) is 0.144. The molecule has 0 aromatic heterocycles. The van der Waals surface area contributed by atoms with Gasteiger partial charge in [-0.2, -0.15) is 0 Å². The minimum absolute atomic E-state index is 0.0630. The summed E-state index contributed by atoms with van der Waals surface area (Å²) in [5.74, 6) is 0.111. The molecule has 9 atom stereocenters. The first kappa shape index (κ1) is 31.6. The lowest BCUT2D eigenvalue weighted by atomic mass is 9.78. The van der Waals surface area contributed by atoms with Crippen molar-refractivity contribution in [1.29, 1.82) is 0 Å². The lowest BCUT2D eigenvalue weighted by Gasteiger charge is -2.33. The highest BCUT2D eigenvalue weighted by Crippen LogP contribution is 2.50. The maximum atomic E-state index is 12.8. The highest BCUT2D eigenvalue weighted by molar-refractivity contribution is 7.47. The van der Waals surface area contributed by atoms with Crippen molar-refractivity contribution in [2.45, 2.75) is 116 Å². The van der Waals surface area contributed by atoms with Gasteiger partial charge in [-0.05, 0) is 57.8 Å². The fourth-order valence-electron chi connectivity index (χ4n) is 5.24. The Balaban J connectivity index is 2.18. The Morgan fingerprint density at radius 2 is 1.71 bits per heavy atom. The summed E-state index contributed by atoms with van der Waals surface area (Å²) in [6, 6.07) is 0.161. The molecule has 11 heteroatoms. The van der Waals surface area contributed by atoms with Crippen molar-refractivity contribution in [3.63, 3.8) is 0 Å². The maximum Gasteiger partial charge on any atom is 0.472 e. The lowest BCUT2D eigenvalue weighted by molar-refractivity contribution is -0.0599. The molecule has 1 aliphatic carbocycles. The first-order valence-electron chi connectivity index (χ1n) is 13.5. The number of nitrogens with two attached hydrogens (primary N) is 1. The summed E-state index contributed by atoms with van der Waals surface area (Å²) in [5.41, 5.74) is 6.37. The highest BCUT2D eigenvalue weighted by Gasteiger charge is 2.44. The van der Waals surface area contributed by atoms with E-state index in [9.17, 15) is 14.4 Å². The van der Waals surface area contributed by atoms with Gasteiger partial charge in [0, 0.05) is 12.0 Å². The first-order chi connectivity index (χ1) is 16.7. The molecule has 2 rings (SSSR count). The second kappa shape index (κ2) is 16.3. The van der Waals surface area contributed by atoms with Crippen LogP contribution in [0.3, 0.4) is 0 Å². The summed E-state index contributed by atoms with van der Waals surface area (Å²) in [4.78, 5) is 20.7. The van der Waals surface area contributed by atoms with Crippen LogP contribution in [-0.4, -0.2) is 54.0 Å². The number of phosphoric acid groups is 1. The Labute approximate surface area is 213 Å². The van der Waals surface area contributed by atoms with E-state index in [-0.39, 0.29) is 43.3 Å². The van der Waals surface area contributed by atoms with E-state index in [4.69, 9.17) is 28.6 Å². The average molecular weight is 542 g/mol. The molecular formula is C24H49NO8P2. The van der Waals surface area contributed by atoms with E-state index < -0.39 is 22.5 Å². The van der Waals surface area contributed by atoms with E-state index in [1.807, 2.05) is 20.8 Å². The third kappa shape index (κ3) is 11.3. The zero-order chi connectivity index (χ0) is 25.8. The van der Waals surface area contributed by atoms with E-state index >= 15 is 0 Å². The van der Waals surface area contributed by atoms with Crippen molar-refractivity contribution in [2.75, 3.05) is 19.8 Å². The van der Waals surface area contributed by atoms with Gasteiger partial charge in [-0.25, -0.2) is 4.57 Å². The molecule has 0 aromatic rings. The molecule has 35 heavy (non-hydrogen) atoms. The standard InChI is InChI=1S/C24H49NO8P2/c1-5-7-13-29-34(26)30-17-23-19(4)32-18(3)22(20-11-9-10-12-21(25)15-20)16-24(23)33-35(27,28)31-14-8-6-2/h18-24,26H,5-17,25H2,1-4H3,(H,27,28)/t18-,19+,20?,21?,22-,23-,24+,34?/m0/s1. The van der Waals surface area contributed by atoms with Gasteiger partial charge >= 0.3 is 16.4 Å². The van der Waals surface area contributed by atoms with E-state index in [0.29, 0.717) is 25.4 Å². The third-order valence-corrected chi connectivity index (χ3v) is 9.15. The van der Waals surface area contributed by atoms with Crippen LogP contribution < -0.4 is 5.73 Å². The van der Waals surface area contributed by atoms with Crippen LogP contribution in [0.25, 0.3) is 0 Å². The summed E-state index contributed by atoms with van der Waals surface area (Å²) < 4.78 is 41.4. The summed E-state index contributed by atoms with van der Waals surface area (Å²) in [7, 11) is -6.32. The molecular weight excluding hydrogens is 492 g/mol. The smallest absolute Gasteiger partial charge is 0.375 e. The van der Waals surface area contributed by atoms with E-state index in [2.05, 4.69) is 6.92 Å². The van der Waals surface area contributed by atoms with Crippen molar-refractivity contribution in [2.24, 2.45) is 23.5 Å². The first-order valence-corrected chi connectivity index (χ1v) is 16.1. The van der Waals surface area contributed by atoms with Crippen LogP contribution in [0.4, 0.5) is 0 Å². The Morgan fingerprint density at radius 1 is 1.03 bits per heavy atom. The molecule has 4 unspecified atom stereocenters. The molecule has 0 aromatic carbocycles. The monoisotopic (exact) mass is 541 g/mol. The van der Waals surface area contributed by atoms with Crippen LogP contribution >= 0.6 is 16.4 Å². The van der Waals surface area contributed by atoms with Gasteiger partial charge in [0.2, 0.25) is 0 Å². The van der Waals surface area contributed by atoms with Crippen LogP contribution in [0.2, 0.25) is 0 Å². The van der Waals surface area contributed by atoms with Crippen molar-refractivity contribution >= 4 is 16.4 Å². The van der Waals surface area contributed by atoms with Gasteiger partial charge in [0.1, 0.15) is 0 Å². The zero-order valence-corrected chi connectivity index (χ0v) is 23.8. The molecule has 2 aliphatic rings. The molecule has 0 spiro atoms. The topological polar surface area (TPSA) is 130 Å². The number of hydrogen-bond acceptors (Lipinski definition) is 8. The second-order valence-corrected chi connectivity index (χ2v) is 12.6. The average Bonchev–Trinajstić information content (AvgIpc) is 3.06. The Kier molecular flexibility index (Phi) is 14.7. The van der Waals surface area contributed by atoms with Gasteiger partial charge in [0.05, 0.1) is 38.1 Å². The third-order valence-electron chi connectivity index (χ3n) is 7.33. The van der Waals surface area contributed by atoms with Gasteiger partial charge < -0.3 is 29.3 Å². The van der Waals surface area contributed by atoms with Crippen molar-refractivity contribution in [3.8, 4) is 0 Å². The van der Waals surface area contributed by atoms with Crippen LogP contribution in [0.5, 0.6) is 0 Å². The van der Waals surface area contributed by atoms with Crippen molar-refractivity contribution in [3.05, 3.63) is 0 Å². The van der Waals surface area contributed by atoms with E-state index in [1.54, 1.807) is 0 Å². The van der Waals surface area contributed by atoms with E-state index in [0.717, 1.165) is 51.4 Å². The van der Waals surface area contributed by atoms with Crippen molar-refractivity contribution < 1.29 is 37.2 Å². The van der Waals surface area contributed by atoms with E-state index in [1.165, 1.54) is 0 Å². The lowest BCUT2D eigenvalue weighted by Crippen LogP contribution is -2.35. The number of ether oxygens (including phenoxy) is 1. The fourth-order valence-corrected chi connectivity index (χ4v) is 6.91. The normalized spacial score (nSPS) is 35.1. The number of rotatable bonds is 14. The maximum absolute atomic E-state index is 12.8. The summed E-state index contributed by atoms with van der Waals surface area (Å²) in [6.07, 6.45) is 8.11. The molecule has 2 fully saturated rings. The Hall–Kier alpha value is 0.340. The SMILES string of the molecule is CCCCOP(O)OC[C@H]1[C@@H](C)O[C@@H](C)[C@@H](C2CCCCC(N)C2)C[C@H]1OP(=O)(O)OCCCC. The molecule has 0 amide bonds. The van der Waals surface area contributed by atoms with Crippen molar-refractivity contribution in [1.82, 2.24) is 0 Å². The summed E-state index contributed by atoms with van der Waals surface area (Å²) >= 11 is 0. The van der Waals surface area contributed by atoms with Crippen LogP contribution in [-0.2, 0) is 27.4 Å². The highest BCUT2D eigenvalue weighted by atomic mass is 31.2. The minimum atomic E-state index is -4.27. The number of unbranched alkanes of at least 4 members (excludes halogenated alkanes) is 2. The second-order valence-electron chi connectivity index (χ2n) is 10.2. The van der Waals surface area contributed by atoms with Gasteiger partial charge in [0.25, 0.3) is 0 Å². The Morgan fingerprint density at radius 3 is 2.43 bits per heavy atom. The van der Waals surface area contributed by atoms with Gasteiger partial charge in [-0.15, -0.1) is 0 Å². The molecule has 0 radical (unpaired) electrons. The Bertz CT molecular complexity index is 630. The minimum Gasteiger partial charge on any atom is -0.375 e. The predicted octanol–water partition coefficient (Wildman–Crippen LogP) is 5.68. The number of phosphoric ester groups is 1. The van der Waals surface area contributed by atoms with Crippen LogP contribution in [0.1, 0.15) is 91.9 Å². The molecule has 9 nitrogen and oxygen atoms in total. The summed E-state index contributed by atoms with van der Waals surface area (Å²) in [5, 5.41) is 0. The molecule has 208 valence electrons. The molecule has 1 saturated carbocycles. The molecule has 1 heterocycles. The van der Waals surface area contributed by atoms with Crippen LogP contribution in [0.15, 0.2) is 0 Å².